The maximum Gasteiger partial charge on any atom is 0.264 e. The first-order chi connectivity index (χ1) is 8.72. The molecule has 0 atom stereocenters. The fourth-order valence-corrected chi connectivity index (χ4v) is 3.16. The highest BCUT2D eigenvalue weighted by molar-refractivity contribution is 6.74. The third kappa shape index (κ3) is 4.56. The minimum Gasteiger partial charge on any atom is -0.500 e. The SMILES string of the molecule is CCCC1(CCC#CO[Si](C)(C)C(C)(C)C)CCC1. The Morgan fingerprint density at radius 3 is 2.21 bits per heavy atom. The monoisotopic (exact) mass is 280 g/mol. The Bertz CT molecular complexity index is 336. The average Bonchev–Trinajstić information content (AvgIpc) is 2.23. The molecule has 1 nitrogen and oxygen atoms in total. The number of rotatable bonds is 5. The fourth-order valence-electron chi connectivity index (χ4n) is 2.53. The van der Waals surface area contributed by atoms with Gasteiger partial charge in [0.05, 0.1) is 6.11 Å². The molecule has 0 aromatic heterocycles. The second-order valence-corrected chi connectivity index (χ2v) is 12.5. The molecule has 0 aromatic rings. The van der Waals surface area contributed by atoms with Crippen molar-refractivity contribution < 1.29 is 4.43 Å². The average molecular weight is 281 g/mol. The van der Waals surface area contributed by atoms with Crippen LogP contribution in [0.2, 0.25) is 18.1 Å². The van der Waals surface area contributed by atoms with Gasteiger partial charge in [0, 0.05) is 6.42 Å². The Kier molecular flexibility index (Phi) is 5.56. The lowest BCUT2D eigenvalue weighted by atomic mass is 9.64. The molecule has 2 heteroatoms. The van der Waals surface area contributed by atoms with Crippen molar-refractivity contribution in [3.05, 3.63) is 0 Å². The third-order valence-corrected chi connectivity index (χ3v) is 9.38. The van der Waals surface area contributed by atoms with E-state index in [-0.39, 0.29) is 5.04 Å². The van der Waals surface area contributed by atoms with Crippen LogP contribution in [0.4, 0.5) is 0 Å². The van der Waals surface area contributed by atoms with E-state index >= 15 is 0 Å². The van der Waals surface area contributed by atoms with Gasteiger partial charge in [-0.05, 0) is 49.2 Å². The summed E-state index contributed by atoms with van der Waals surface area (Å²) in [5, 5.41) is 0.249. The molecule has 1 rings (SSSR count). The highest BCUT2D eigenvalue weighted by Crippen LogP contribution is 2.48. The molecule has 110 valence electrons. The predicted octanol–water partition coefficient (Wildman–Crippen LogP) is 5.72. The summed E-state index contributed by atoms with van der Waals surface area (Å²) < 4.78 is 5.90. The van der Waals surface area contributed by atoms with Crippen LogP contribution in [0.3, 0.4) is 0 Å². The molecule has 0 spiro atoms. The molecule has 0 radical (unpaired) electrons. The molecule has 1 aliphatic rings. The van der Waals surface area contributed by atoms with Gasteiger partial charge in [-0.25, -0.2) is 0 Å². The molecule has 0 aliphatic heterocycles. The van der Waals surface area contributed by atoms with Crippen molar-refractivity contribution in [3.63, 3.8) is 0 Å². The summed E-state index contributed by atoms with van der Waals surface area (Å²) in [5.74, 6) is 3.26. The summed E-state index contributed by atoms with van der Waals surface area (Å²) in [6.07, 6.45) is 12.3. The van der Waals surface area contributed by atoms with Gasteiger partial charge < -0.3 is 4.43 Å². The first kappa shape index (κ1) is 16.6. The Balaban J connectivity index is 2.36. The zero-order valence-electron chi connectivity index (χ0n) is 13.9. The lowest BCUT2D eigenvalue weighted by Crippen LogP contribution is -2.39. The Hall–Kier alpha value is -0.423. The second-order valence-electron chi connectivity index (χ2n) is 7.74. The molecule has 0 unspecified atom stereocenters. The third-order valence-electron chi connectivity index (χ3n) is 5.16. The Morgan fingerprint density at radius 1 is 1.16 bits per heavy atom. The normalized spacial score (nSPS) is 18.2. The quantitative estimate of drug-likeness (QED) is 0.462. The van der Waals surface area contributed by atoms with Gasteiger partial charge in [-0.15, -0.1) is 0 Å². The molecule has 0 heterocycles. The van der Waals surface area contributed by atoms with Crippen LogP contribution in [-0.2, 0) is 4.43 Å². The first-order valence-corrected chi connectivity index (χ1v) is 10.8. The van der Waals surface area contributed by atoms with Crippen LogP contribution >= 0.6 is 0 Å². The highest BCUT2D eigenvalue weighted by Gasteiger charge is 2.38. The van der Waals surface area contributed by atoms with Crippen LogP contribution in [-0.4, -0.2) is 8.32 Å². The van der Waals surface area contributed by atoms with Gasteiger partial charge in [0.25, 0.3) is 8.32 Å². The van der Waals surface area contributed by atoms with Gasteiger partial charge in [0.2, 0.25) is 0 Å². The van der Waals surface area contributed by atoms with Crippen molar-refractivity contribution in [2.45, 2.75) is 90.8 Å². The second kappa shape index (κ2) is 6.35. The van der Waals surface area contributed by atoms with Crippen LogP contribution in [0.25, 0.3) is 0 Å². The summed E-state index contributed by atoms with van der Waals surface area (Å²) in [4.78, 5) is 0. The summed E-state index contributed by atoms with van der Waals surface area (Å²) in [6.45, 7) is 13.6. The van der Waals surface area contributed by atoms with E-state index < -0.39 is 8.32 Å². The molecule has 0 bridgehead atoms. The molecular formula is C17H32OSi. The van der Waals surface area contributed by atoms with Crippen LogP contribution in [0.5, 0.6) is 0 Å². The Labute approximate surface area is 121 Å². The zero-order chi connectivity index (χ0) is 14.6. The molecule has 1 saturated carbocycles. The van der Waals surface area contributed by atoms with Crippen LogP contribution in [0.1, 0.15) is 72.6 Å². The van der Waals surface area contributed by atoms with Crippen LogP contribution in [0, 0.1) is 17.4 Å². The van der Waals surface area contributed by atoms with E-state index in [1.807, 2.05) is 0 Å². The zero-order valence-corrected chi connectivity index (χ0v) is 14.9. The first-order valence-electron chi connectivity index (χ1n) is 7.88. The van der Waals surface area contributed by atoms with E-state index in [9.17, 15) is 0 Å². The maximum atomic E-state index is 5.90. The molecule has 0 aromatic carbocycles. The van der Waals surface area contributed by atoms with Gasteiger partial charge in [-0.1, -0.05) is 46.5 Å². The molecule has 0 amide bonds. The summed E-state index contributed by atoms with van der Waals surface area (Å²) >= 11 is 0. The lowest BCUT2D eigenvalue weighted by molar-refractivity contribution is 0.107. The minimum atomic E-state index is -1.68. The van der Waals surface area contributed by atoms with Crippen molar-refractivity contribution in [1.29, 1.82) is 0 Å². The topological polar surface area (TPSA) is 9.23 Å². The van der Waals surface area contributed by atoms with Gasteiger partial charge in [-0.3, -0.25) is 0 Å². The lowest BCUT2D eigenvalue weighted by Gasteiger charge is -2.42. The van der Waals surface area contributed by atoms with E-state index in [1.165, 1.54) is 38.5 Å². The van der Waals surface area contributed by atoms with E-state index in [0.29, 0.717) is 5.41 Å². The van der Waals surface area contributed by atoms with E-state index in [0.717, 1.165) is 6.42 Å². The summed E-state index contributed by atoms with van der Waals surface area (Å²) in [7, 11) is -1.68. The number of hydrogen-bond donors (Lipinski definition) is 0. The van der Waals surface area contributed by atoms with Crippen molar-refractivity contribution in [1.82, 2.24) is 0 Å². The minimum absolute atomic E-state index is 0.249. The van der Waals surface area contributed by atoms with E-state index in [1.54, 1.807) is 0 Å². The maximum absolute atomic E-state index is 5.90. The van der Waals surface area contributed by atoms with Gasteiger partial charge in [0.1, 0.15) is 0 Å². The largest absolute Gasteiger partial charge is 0.500 e. The number of hydrogen-bond acceptors (Lipinski definition) is 1. The Morgan fingerprint density at radius 2 is 1.79 bits per heavy atom. The van der Waals surface area contributed by atoms with Crippen molar-refractivity contribution in [2.75, 3.05) is 0 Å². The molecular weight excluding hydrogens is 248 g/mol. The smallest absolute Gasteiger partial charge is 0.264 e. The standard InChI is InChI=1S/C17H32OSi/c1-7-11-17(13-10-14-17)12-8-9-15-18-19(5,6)16(2,3)4/h7-8,10-14H2,1-6H3. The summed E-state index contributed by atoms with van der Waals surface area (Å²) in [5.41, 5.74) is 0.639. The highest BCUT2D eigenvalue weighted by atomic mass is 28.4. The molecule has 1 aliphatic carbocycles. The van der Waals surface area contributed by atoms with Crippen molar-refractivity contribution in [3.8, 4) is 12.0 Å². The van der Waals surface area contributed by atoms with Crippen molar-refractivity contribution in [2.24, 2.45) is 5.41 Å². The predicted molar refractivity (Wildman–Crippen MR) is 86.5 cm³/mol. The molecule has 0 N–H and O–H groups in total. The van der Waals surface area contributed by atoms with E-state index in [4.69, 9.17) is 4.43 Å². The van der Waals surface area contributed by atoms with Gasteiger partial charge in [-0.2, -0.15) is 0 Å². The van der Waals surface area contributed by atoms with Gasteiger partial charge >= 0.3 is 0 Å². The van der Waals surface area contributed by atoms with Crippen molar-refractivity contribution >= 4 is 8.32 Å². The molecule has 19 heavy (non-hydrogen) atoms. The molecule has 1 fully saturated rings. The van der Waals surface area contributed by atoms with E-state index in [2.05, 4.69) is 52.8 Å². The van der Waals surface area contributed by atoms with Gasteiger partial charge in [0.15, 0.2) is 0 Å². The summed E-state index contributed by atoms with van der Waals surface area (Å²) in [6, 6.07) is 0. The molecule has 0 saturated heterocycles. The van der Waals surface area contributed by atoms with Crippen LogP contribution < -0.4 is 0 Å². The van der Waals surface area contributed by atoms with Crippen LogP contribution in [0.15, 0.2) is 0 Å². The fraction of sp³-hybridized carbons (Fsp3) is 0.882.